The zero-order chi connectivity index (χ0) is 13.1. The lowest BCUT2D eigenvalue weighted by atomic mass is 9.96. The molecule has 0 spiro atoms. The van der Waals surface area contributed by atoms with Gasteiger partial charge in [0.2, 0.25) is 5.91 Å². The molecule has 1 aliphatic rings. The topological polar surface area (TPSA) is 63.4 Å². The van der Waals surface area contributed by atoms with Crippen LogP contribution in [0.1, 0.15) is 30.1 Å². The molecule has 1 aliphatic heterocycles. The van der Waals surface area contributed by atoms with Crippen LogP contribution in [0, 0.1) is 5.92 Å². The number of anilines is 1. The van der Waals surface area contributed by atoms with Crippen LogP contribution in [-0.2, 0) is 4.79 Å². The Morgan fingerprint density at radius 2 is 1.72 bits per heavy atom. The van der Waals surface area contributed by atoms with Gasteiger partial charge in [0.1, 0.15) is 0 Å². The van der Waals surface area contributed by atoms with Crippen molar-refractivity contribution in [1.29, 1.82) is 0 Å². The summed E-state index contributed by atoms with van der Waals surface area (Å²) in [6.07, 6.45) is 1.62. The highest BCUT2D eigenvalue weighted by Gasteiger charge is 2.23. The molecule has 1 saturated heterocycles. The zero-order valence-corrected chi connectivity index (χ0v) is 10.6. The van der Waals surface area contributed by atoms with Crippen molar-refractivity contribution in [1.82, 2.24) is 0 Å². The van der Waals surface area contributed by atoms with E-state index in [1.165, 1.54) is 0 Å². The minimum atomic E-state index is -0.193. The van der Waals surface area contributed by atoms with Gasteiger partial charge in [-0.05, 0) is 44.0 Å². The van der Waals surface area contributed by atoms with Gasteiger partial charge in [-0.1, -0.05) is 0 Å². The predicted octanol–water partition coefficient (Wildman–Crippen LogP) is 1.59. The molecule has 0 aliphatic carbocycles. The number of primary amides is 1. The minimum absolute atomic E-state index is 0.0118. The van der Waals surface area contributed by atoms with Crippen molar-refractivity contribution in [2.45, 2.75) is 19.8 Å². The Hall–Kier alpha value is -1.84. The van der Waals surface area contributed by atoms with E-state index in [0.717, 1.165) is 37.2 Å². The van der Waals surface area contributed by atoms with E-state index in [2.05, 4.69) is 4.90 Å². The lowest BCUT2D eigenvalue weighted by Crippen LogP contribution is -2.38. The van der Waals surface area contributed by atoms with E-state index >= 15 is 0 Å². The first kappa shape index (κ1) is 12.6. The Kier molecular flexibility index (Phi) is 3.65. The largest absolute Gasteiger partial charge is 0.371 e. The molecule has 1 fully saturated rings. The van der Waals surface area contributed by atoms with Crippen LogP contribution < -0.4 is 10.6 Å². The first-order chi connectivity index (χ1) is 8.58. The van der Waals surface area contributed by atoms with Gasteiger partial charge in [-0.15, -0.1) is 0 Å². The number of nitrogens with zero attached hydrogens (tertiary/aromatic N) is 1. The molecule has 2 N–H and O–H groups in total. The summed E-state index contributed by atoms with van der Waals surface area (Å²) < 4.78 is 0. The van der Waals surface area contributed by atoms with Gasteiger partial charge in [0.15, 0.2) is 5.78 Å². The summed E-state index contributed by atoms with van der Waals surface area (Å²) in [7, 11) is 0. The molecule has 0 radical (unpaired) electrons. The summed E-state index contributed by atoms with van der Waals surface area (Å²) in [5.74, 6) is -0.103. The molecule has 1 amide bonds. The average Bonchev–Trinajstić information content (AvgIpc) is 2.39. The molecular formula is C14H18N2O2. The summed E-state index contributed by atoms with van der Waals surface area (Å²) in [6, 6.07) is 7.61. The standard InChI is InChI=1S/C14H18N2O2/c1-10(17)11-2-4-13(5-3-11)16-8-6-12(7-9-16)14(15)18/h2-5,12H,6-9H2,1H3,(H2,15,18). The van der Waals surface area contributed by atoms with Gasteiger partial charge in [-0.2, -0.15) is 0 Å². The second-order valence-corrected chi connectivity index (χ2v) is 4.77. The Labute approximate surface area is 107 Å². The molecule has 4 nitrogen and oxygen atoms in total. The molecule has 4 heteroatoms. The van der Waals surface area contributed by atoms with Gasteiger partial charge >= 0.3 is 0 Å². The number of hydrogen-bond acceptors (Lipinski definition) is 3. The fourth-order valence-electron chi connectivity index (χ4n) is 2.33. The second-order valence-electron chi connectivity index (χ2n) is 4.77. The number of piperidine rings is 1. The van der Waals surface area contributed by atoms with Crippen LogP contribution in [0.15, 0.2) is 24.3 Å². The number of benzene rings is 1. The predicted molar refractivity (Wildman–Crippen MR) is 70.6 cm³/mol. The summed E-state index contributed by atoms with van der Waals surface area (Å²) in [5.41, 5.74) is 7.14. The quantitative estimate of drug-likeness (QED) is 0.824. The van der Waals surface area contributed by atoms with E-state index in [1.807, 2.05) is 24.3 Å². The van der Waals surface area contributed by atoms with E-state index in [4.69, 9.17) is 5.73 Å². The van der Waals surface area contributed by atoms with Crippen molar-refractivity contribution in [2.24, 2.45) is 11.7 Å². The van der Waals surface area contributed by atoms with E-state index < -0.39 is 0 Å². The van der Waals surface area contributed by atoms with E-state index in [1.54, 1.807) is 6.92 Å². The summed E-state index contributed by atoms with van der Waals surface area (Å²) in [4.78, 5) is 24.5. The van der Waals surface area contributed by atoms with Crippen LogP contribution in [0.3, 0.4) is 0 Å². The molecule has 18 heavy (non-hydrogen) atoms. The van der Waals surface area contributed by atoms with Crippen molar-refractivity contribution < 1.29 is 9.59 Å². The van der Waals surface area contributed by atoms with Gasteiger partial charge in [0.05, 0.1) is 0 Å². The number of hydrogen-bond donors (Lipinski definition) is 1. The van der Waals surface area contributed by atoms with Crippen molar-refractivity contribution in [3.05, 3.63) is 29.8 Å². The smallest absolute Gasteiger partial charge is 0.220 e. The number of nitrogens with two attached hydrogens (primary N) is 1. The number of rotatable bonds is 3. The first-order valence-corrected chi connectivity index (χ1v) is 6.23. The molecule has 1 aromatic rings. The normalized spacial score (nSPS) is 16.6. The van der Waals surface area contributed by atoms with Gasteiger partial charge < -0.3 is 10.6 Å². The molecular weight excluding hydrogens is 228 g/mol. The van der Waals surface area contributed by atoms with E-state index in [9.17, 15) is 9.59 Å². The Bertz CT molecular complexity index is 445. The molecule has 96 valence electrons. The molecule has 1 aromatic carbocycles. The highest BCUT2D eigenvalue weighted by atomic mass is 16.1. The monoisotopic (exact) mass is 246 g/mol. The van der Waals surface area contributed by atoms with Gasteiger partial charge in [0, 0.05) is 30.3 Å². The first-order valence-electron chi connectivity index (χ1n) is 6.23. The van der Waals surface area contributed by atoms with Gasteiger partial charge in [-0.3, -0.25) is 9.59 Å². The SMILES string of the molecule is CC(=O)c1ccc(N2CCC(C(N)=O)CC2)cc1. The fourth-order valence-corrected chi connectivity index (χ4v) is 2.33. The Morgan fingerprint density at radius 3 is 2.17 bits per heavy atom. The highest BCUT2D eigenvalue weighted by Crippen LogP contribution is 2.23. The van der Waals surface area contributed by atoms with Crippen LogP contribution in [0.25, 0.3) is 0 Å². The lowest BCUT2D eigenvalue weighted by Gasteiger charge is -2.32. The lowest BCUT2D eigenvalue weighted by molar-refractivity contribution is -0.122. The number of Topliss-reactive ketones (excluding diaryl/α,β-unsaturated/α-hetero) is 1. The van der Waals surface area contributed by atoms with Crippen LogP contribution in [0.4, 0.5) is 5.69 Å². The zero-order valence-electron chi connectivity index (χ0n) is 10.6. The van der Waals surface area contributed by atoms with Crippen LogP contribution >= 0.6 is 0 Å². The maximum Gasteiger partial charge on any atom is 0.220 e. The number of ketones is 1. The molecule has 2 rings (SSSR count). The Morgan fingerprint density at radius 1 is 1.17 bits per heavy atom. The van der Waals surface area contributed by atoms with Crippen LogP contribution in [-0.4, -0.2) is 24.8 Å². The van der Waals surface area contributed by atoms with Crippen LogP contribution in [0.5, 0.6) is 0 Å². The second kappa shape index (κ2) is 5.21. The molecule has 1 heterocycles. The van der Waals surface area contributed by atoms with E-state index in [0.29, 0.717) is 0 Å². The Balaban J connectivity index is 2.01. The third-order valence-electron chi connectivity index (χ3n) is 3.54. The molecule has 0 saturated carbocycles. The molecule has 0 unspecified atom stereocenters. The fraction of sp³-hybridized carbons (Fsp3) is 0.429. The number of carbonyl (C=O) groups is 2. The van der Waals surface area contributed by atoms with Crippen molar-refractivity contribution in [3.8, 4) is 0 Å². The maximum absolute atomic E-state index is 11.2. The number of carbonyl (C=O) groups excluding carboxylic acids is 2. The summed E-state index contributed by atoms with van der Waals surface area (Å²) in [5, 5.41) is 0. The molecule has 0 aromatic heterocycles. The highest BCUT2D eigenvalue weighted by molar-refractivity contribution is 5.94. The maximum atomic E-state index is 11.2. The van der Waals surface area contributed by atoms with Crippen molar-refractivity contribution in [2.75, 3.05) is 18.0 Å². The minimum Gasteiger partial charge on any atom is -0.371 e. The third kappa shape index (κ3) is 2.70. The third-order valence-corrected chi connectivity index (χ3v) is 3.54. The van der Waals surface area contributed by atoms with Gasteiger partial charge in [-0.25, -0.2) is 0 Å². The van der Waals surface area contributed by atoms with E-state index in [-0.39, 0.29) is 17.6 Å². The van der Waals surface area contributed by atoms with Crippen molar-refractivity contribution >= 4 is 17.4 Å². The summed E-state index contributed by atoms with van der Waals surface area (Å²) >= 11 is 0. The number of amides is 1. The molecule has 0 bridgehead atoms. The average molecular weight is 246 g/mol. The summed E-state index contributed by atoms with van der Waals surface area (Å²) in [6.45, 7) is 3.24. The van der Waals surface area contributed by atoms with Crippen molar-refractivity contribution in [3.63, 3.8) is 0 Å². The van der Waals surface area contributed by atoms with Gasteiger partial charge in [0.25, 0.3) is 0 Å². The van der Waals surface area contributed by atoms with Crippen LogP contribution in [0.2, 0.25) is 0 Å². The molecule has 0 atom stereocenters.